The maximum atomic E-state index is 12.1. The highest BCUT2D eigenvalue weighted by Gasteiger charge is 2.24. The smallest absolute Gasteiger partial charge is 0.363 e. The Kier molecular flexibility index (Phi) is 4.61. The fourth-order valence-electron chi connectivity index (χ4n) is 2.25. The van der Waals surface area contributed by atoms with Crippen molar-refractivity contribution in [1.82, 2.24) is 0 Å². The average Bonchev–Trinajstić information content (AvgIpc) is 2.95. The van der Waals surface area contributed by atoms with Crippen LogP contribution in [-0.2, 0) is 14.3 Å². The first kappa shape index (κ1) is 16.4. The van der Waals surface area contributed by atoms with Crippen LogP contribution in [0.3, 0.4) is 0 Å². The normalized spacial score (nSPS) is 15.0. The van der Waals surface area contributed by atoms with E-state index >= 15 is 0 Å². The van der Waals surface area contributed by atoms with Crippen LogP contribution in [-0.4, -0.2) is 29.5 Å². The van der Waals surface area contributed by atoms with Gasteiger partial charge in [0.2, 0.25) is 5.90 Å². The number of carbonyl (C=O) groups excluding carboxylic acids is 1. The van der Waals surface area contributed by atoms with E-state index in [1.807, 2.05) is 31.2 Å². The number of carboxylic acid groups (broad SMARTS) is 1. The van der Waals surface area contributed by atoms with Crippen LogP contribution in [0.4, 0.5) is 0 Å². The highest BCUT2D eigenvalue weighted by atomic mass is 16.6. The molecule has 25 heavy (non-hydrogen) atoms. The summed E-state index contributed by atoms with van der Waals surface area (Å²) >= 11 is 0. The Labute approximate surface area is 144 Å². The quantitative estimate of drug-likeness (QED) is 0.670. The number of carbonyl (C=O) groups is 2. The average molecular weight is 337 g/mol. The van der Waals surface area contributed by atoms with Gasteiger partial charge < -0.3 is 14.6 Å². The molecule has 0 unspecified atom stereocenters. The fraction of sp³-hybridized carbons (Fsp3) is 0.105. The predicted octanol–water partition coefficient (Wildman–Crippen LogP) is 2.80. The number of ether oxygens (including phenoxy) is 2. The number of para-hydroxylation sites is 1. The Morgan fingerprint density at radius 2 is 1.92 bits per heavy atom. The van der Waals surface area contributed by atoms with Crippen LogP contribution < -0.4 is 4.74 Å². The zero-order chi connectivity index (χ0) is 17.8. The van der Waals surface area contributed by atoms with E-state index in [2.05, 4.69) is 4.99 Å². The number of hydrogen-bond acceptors (Lipinski definition) is 5. The number of nitrogens with zero attached hydrogens (tertiary/aromatic N) is 1. The molecule has 0 atom stereocenters. The lowest BCUT2D eigenvalue weighted by molar-refractivity contribution is -0.139. The molecular formula is C19H15NO5. The van der Waals surface area contributed by atoms with E-state index in [1.165, 1.54) is 6.08 Å². The number of hydrogen-bond donors (Lipinski definition) is 1. The first-order valence-corrected chi connectivity index (χ1v) is 7.56. The van der Waals surface area contributed by atoms with Crippen LogP contribution in [0.1, 0.15) is 16.7 Å². The molecule has 6 nitrogen and oxygen atoms in total. The molecule has 0 fully saturated rings. The summed E-state index contributed by atoms with van der Waals surface area (Å²) in [5.74, 6) is -1.06. The Balaban J connectivity index is 1.89. The molecule has 126 valence electrons. The number of aliphatic carboxylic acids is 1. The van der Waals surface area contributed by atoms with Crippen LogP contribution in [0.2, 0.25) is 0 Å². The van der Waals surface area contributed by atoms with Gasteiger partial charge in [-0.05, 0) is 31.2 Å². The van der Waals surface area contributed by atoms with E-state index in [-0.39, 0.29) is 11.6 Å². The Bertz CT molecular complexity index is 881. The second-order valence-corrected chi connectivity index (χ2v) is 5.42. The Morgan fingerprint density at radius 1 is 1.20 bits per heavy atom. The summed E-state index contributed by atoms with van der Waals surface area (Å²) in [6.45, 7) is 1.49. The van der Waals surface area contributed by atoms with Gasteiger partial charge in [-0.15, -0.1) is 0 Å². The number of aryl methyl sites for hydroxylation is 1. The highest BCUT2D eigenvalue weighted by Crippen LogP contribution is 2.24. The topological polar surface area (TPSA) is 85.2 Å². The van der Waals surface area contributed by atoms with Crippen molar-refractivity contribution >= 4 is 23.9 Å². The molecule has 0 aliphatic carbocycles. The van der Waals surface area contributed by atoms with Gasteiger partial charge in [0.25, 0.3) is 0 Å². The first-order valence-electron chi connectivity index (χ1n) is 7.56. The lowest BCUT2D eigenvalue weighted by atomic mass is 10.1. The highest BCUT2D eigenvalue weighted by molar-refractivity contribution is 6.12. The number of rotatable bonds is 5. The van der Waals surface area contributed by atoms with Crippen molar-refractivity contribution in [2.45, 2.75) is 6.92 Å². The molecule has 6 heteroatoms. The van der Waals surface area contributed by atoms with Gasteiger partial charge in [-0.2, -0.15) is 0 Å². The third kappa shape index (κ3) is 3.92. The summed E-state index contributed by atoms with van der Waals surface area (Å²) in [4.78, 5) is 27.0. The Hall–Kier alpha value is -3.41. The minimum atomic E-state index is -1.08. The van der Waals surface area contributed by atoms with E-state index in [0.717, 1.165) is 5.56 Å². The largest absolute Gasteiger partial charge is 0.481 e. The van der Waals surface area contributed by atoms with Gasteiger partial charge in [-0.1, -0.05) is 35.9 Å². The minimum Gasteiger partial charge on any atom is -0.481 e. The van der Waals surface area contributed by atoms with Crippen molar-refractivity contribution in [3.63, 3.8) is 0 Å². The van der Waals surface area contributed by atoms with Crippen LogP contribution in [0.15, 0.2) is 59.2 Å². The van der Waals surface area contributed by atoms with Crippen molar-refractivity contribution in [1.29, 1.82) is 0 Å². The molecule has 0 radical (unpaired) electrons. The number of cyclic esters (lactones) is 1. The predicted molar refractivity (Wildman–Crippen MR) is 91.4 cm³/mol. The molecule has 1 aliphatic heterocycles. The summed E-state index contributed by atoms with van der Waals surface area (Å²) in [6.07, 6.45) is 1.51. The molecule has 0 bridgehead atoms. The third-order valence-electron chi connectivity index (χ3n) is 3.48. The van der Waals surface area contributed by atoms with Crippen molar-refractivity contribution in [2.24, 2.45) is 4.99 Å². The maximum Gasteiger partial charge on any atom is 0.363 e. The summed E-state index contributed by atoms with van der Waals surface area (Å²) in [5.41, 5.74) is 2.47. The van der Waals surface area contributed by atoms with Crippen molar-refractivity contribution < 1.29 is 24.2 Å². The van der Waals surface area contributed by atoms with Crippen molar-refractivity contribution in [3.8, 4) is 5.75 Å². The van der Waals surface area contributed by atoms with Crippen molar-refractivity contribution in [2.75, 3.05) is 6.61 Å². The number of esters is 1. The fourth-order valence-corrected chi connectivity index (χ4v) is 2.25. The molecule has 3 rings (SSSR count). The van der Waals surface area contributed by atoms with Crippen LogP contribution in [0, 0.1) is 6.92 Å². The van der Waals surface area contributed by atoms with Gasteiger partial charge in [0, 0.05) is 11.1 Å². The third-order valence-corrected chi connectivity index (χ3v) is 3.48. The van der Waals surface area contributed by atoms with Gasteiger partial charge >= 0.3 is 11.9 Å². The molecule has 2 aromatic rings. The second kappa shape index (κ2) is 7.00. The molecule has 1 N–H and O–H groups in total. The monoisotopic (exact) mass is 337 g/mol. The lowest BCUT2D eigenvalue weighted by Crippen LogP contribution is -2.10. The standard InChI is InChI=1S/C19H15NO5/c1-12-6-8-13(9-7-12)18-20-15(19(23)25-18)10-14-4-2-3-5-16(14)24-11-17(21)22/h2-10H,11H2,1H3,(H,21,22)/b15-10-. The summed E-state index contributed by atoms with van der Waals surface area (Å²) < 4.78 is 10.4. The van der Waals surface area contributed by atoms with E-state index in [0.29, 0.717) is 16.9 Å². The molecule has 1 aliphatic rings. The molecular weight excluding hydrogens is 322 g/mol. The molecule has 1 heterocycles. The molecule has 0 saturated carbocycles. The molecule has 0 amide bonds. The second-order valence-electron chi connectivity index (χ2n) is 5.42. The molecule has 2 aromatic carbocycles. The van der Waals surface area contributed by atoms with Gasteiger partial charge in [0.15, 0.2) is 12.3 Å². The van der Waals surface area contributed by atoms with Crippen molar-refractivity contribution in [3.05, 3.63) is 70.9 Å². The maximum absolute atomic E-state index is 12.1. The Morgan fingerprint density at radius 3 is 2.64 bits per heavy atom. The SMILES string of the molecule is Cc1ccc(C2=N/C(=C\c3ccccc3OCC(=O)O)C(=O)O2)cc1. The van der Waals surface area contributed by atoms with Gasteiger partial charge in [-0.25, -0.2) is 14.6 Å². The first-order chi connectivity index (χ1) is 12.0. The van der Waals surface area contributed by atoms with Crippen LogP contribution in [0.25, 0.3) is 6.08 Å². The summed E-state index contributed by atoms with van der Waals surface area (Å²) in [6, 6.07) is 14.3. The van der Waals surface area contributed by atoms with E-state index in [9.17, 15) is 9.59 Å². The van der Waals surface area contributed by atoms with Gasteiger partial charge in [-0.3, -0.25) is 0 Å². The van der Waals surface area contributed by atoms with Crippen LogP contribution >= 0.6 is 0 Å². The number of aliphatic imine (C=N–C) groups is 1. The minimum absolute atomic E-state index is 0.127. The summed E-state index contributed by atoms with van der Waals surface area (Å²) in [7, 11) is 0. The van der Waals surface area contributed by atoms with E-state index in [4.69, 9.17) is 14.6 Å². The molecule has 0 aromatic heterocycles. The van der Waals surface area contributed by atoms with Gasteiger partial charge in [0.1, 0.15) is 5.75 Å². The zero-order valence-electron chi connectivity index (χ0n) is 13.4. The van der Waals surface area contributed by atoms with E-state index < -0.39 is 18.5 Å². The van der Waals surface area contributed by atoms with Gasteiger partial charge in [0.05, 0.1) is 0 Å². The van der Waals surface area contributed by atoms with Crippen LogP contribution in [0.5, 0.6) is 5.75 Å². The van der Waals surface area contributed by atoms with E-state index in [1.54, 1.807) is 24.3 Å². The number of benzene rings is 2. The summed E-state index contributed by atoms with van der Waals surface area (Å²) in [5, 5.41) is 8.74. The zero-order valence-corrected chi connectivity index (χ0v) is 13.4. The molecule has 0 saturated heterocycles. The lowest BCUT2D eigenvalue weighted by Gasteiger charge is -2.06. The number of carboxylic acids is 1. The molecule has 0 spiro atoms.